The lowest BCUT2D eigenvalue weighted by atomic mass is 9.92. The first-order valence-corrected chi connectivity index (χ1v) is 12.6. The molecule has 0 bridgehead atoms. The number of benzene rings is 2. The van der Waals surface area contributed by atoms with E-state index in [1.165, 1.54) is 5.56 Å². The van der Waals surface area contributed by atoms with Gasteiger partial charge in [0.15, 0.2) is 0 Å². The maximum absolute atomic E-state index is 13.0. The molecule has 1 aliphatic carbocycles. The van der Waals surface area contributed by atoms with Crippen LogP contribution in [0.25, 0.3) is 0 Å². The largest absolute Gasteiger partial charge is 0.489 e. The van der Waals surface area contributed by atoms with Gasteiger partial charge in [-0.3, -0.25) is 0 Å². The van der Waals surface area contributed by atoms with Crippen molar-refractivity contribution in [2.24, 2.45) is 0 Å². The van der Waals surface area contributed by atoms with Gasteiger partial charge in [-0.15, -0.1) is 0 Å². The molecule has 35 heavy (non-hydrogen) atoms. The number of aliphatic carboxylic acids is 1. The third-order valence-electron chi connectivity index (χ3n) is 6.53. The number of likely N-dealkylation sites (N-methyl/N-ethyl adjacent to an activating group) is 1. The van der Waals surface area contributed by atoms with Crippen molar-refractivity contribution < 1.29 is 24.2 Å². The normalized spacial score (nSPS) is 14.6. The summed E-state index contributed by atoms with van der Waals surface area (Å²) < 4.78 is 12.1. The van der Waals surface area contributed by atoms with Crippen molar-refractivity contribution in [2.45, 2.75) is 58.5 Å². The highest BCUT2D eigenvalue weighted by molar-refractivity contribution is 5.99. The maximum atomic E-state index is 13.0. The minimum Gasteiger partial charge on any atom is -0.489 e. The maximum Gasteiger partial charge on any atom is 0.334 e. The van der Waals surface area contributed by atoms with Gasteiger partial charge in [-0.25, -0.2) is 9.59 Å². The topological polar surface area (TPSA) is 76.1 Å². The molecule has 0 saturated heterocycles. The number of ether oxygens (including phenoxy) is 2. The molecule has 0 aromatic heterocycles. The van der Waals surface area contributed by atoms with Gasteiger partial charge in [0.05, 0.1) is 0 Å². The molecule has 1 unspecified atom stereocenters. The number of aryl methyl sites for hydroxylation is 2. The van der Waals surface area contributed by atoms with Crippen LogP contribution < -0.4 is 4.74 Å². The molecular formula is C29H37NO5. The predicted molar refractivity (Wildman–Crippen MR) is 137 cm³/mol. The zero-order valence-corrected chi connectivity index (χ0v) is 20.9. The Morgan fingerprint density at radius 2 is 1.57 bits per heavy atom. The van der Waals surface area contributed by atoms with E-state index in [0.717, 1.165) is 50.1 Å². The van der Waals surface area contributed by atoms with Crippen molar-refractivity contribution in [3.8, 4) is 5.75 Å². The molecule has 1 N–H and O–H groups in total. The smallest absolute Gasteiger partial charge is 0.334 e. The van der Waals surface area contributed by atoms with Crippen LogP contribution in [-0.2, 0) is 27.2 Å². The third-order valence-corrected chi connectivity index (χ3v) is 6.53. The molecular weight excluding hydrogens is 442 g/mol. The zero-order chi connectivity index (χ0) is 25.0. The molecule has 0 fully saturated rings. The van der Waals surface area contributed by atoms with Crippen LogP contribution in [0.5, 0.6) is 5.75 Å². The summed E-state index contributed by atoms with van der Waals surface area (Å²) in [5.74, 6) is -0.770. The molecule has 1 aliphatic rings. The van der Waals surface area contributed by atoms with Gasteiger partial charge < -0.3 is 19.5 Å². The molecule has 1 atom stereocenters. The Morgan fingerprint density at radius 1 is 0.914 bits per heavy atom. The van der Waals surface area contributed by atoms with Crippen molar-refractivity contribution in [1.82, 2.24) is 4.90 Å². The average Bonchev–Trinajstić information content (AvgIpc) is 2.89. The summed E-state index contributed by atoms with van der Waals surface area (Å²) in [4.78, 5) is 26.8. The van der Waals surface area contributed by atoms with Crippen LogP contribution in [0.3, 0.4) is 0 Å². The van der Waals surface area contributed by atoms with Crippen molar-refractivity contribution in [3.05, 3.63) is 76.9 Å². The number of carboxylic acid groups (broad SMARTS) is 1. The molecule has 0 aliphatic heterocycles. The summed E-state index contributed by atoms with van der Waals surface area (Å²) in [6, 6.07) is 18.3. The van der Waals surface area contributed by atoms with Crippen molar-refractivity contribution >= 4 is 11.9 Å². The van der Waals surface area contributed by atoms with Crippen molar-refractivity contribution in [3.63, 3.8) is 0 Å². The van der Waals surface area contributed by atoms with E-state index >= 15 is 0 Å². The highest BCUT2D eigenvalue weighted by Crippen LogP contribution is 2.27. The minimum absolute atomic E-state index is 0.190. The molecule has 2 aromatic carbocycles. The van der Waals surface area contributed by atoms with Crippen molar-refractivity contribution in [1.29, 1.82) is 0 Å². The second-order valence-electron chi connectivity index (χ2n) is 8.89. The zero-order valence-electron chi connectivity index (χ0n) is 20.9. The van der Waals surface area contributed by atoms with Crippen LogP contribution in [0.15, 0.2) is 65.7 Å². The van der Waals surface area contributed by atoms with Gasteiger partial charge in [0.25, 0.3) is 0 Å². The molecule has 0 radical (unpaired) electrons. The highest BCUT2D eigenvalue weighted by atomic mass is 16.6. The second kappa shape index (κ2) is 13.7. The fourth-order valence-electron chi connectivity index (χ4n) is 4.44. The Hall–Kier alpha value is -3.12. The SMILES string of the molecule is CCN(CC)CC(COc1ccccc1CCc1ccccc1)OC(=O)C1=C(C(=O)O)CCCC1. The standard InChI is InChI=1S/C29H37NO5/c1-3-30(4-2)20-24(35-29(33)26-16-10-9-15-25(26)28(31)32)21-34-27-17-11-8-14-23(27)19-18-22-12-6-5-7-13-22/h5-8,11-14,17,24H,3-4,9-10,15-16,18-21H2,1-2H3,(H,31,32). The van der Waals surface area contributed by atoms with E-state index < -0.39 is 18.0 Å². The first-order valence-electron chi connectivity index (χ1n) is 12.6. The summed E-state index contributed by atoms with van der Waals surface area (Å²) >= 11 is 0. The number of para-hydroxylation sites is 1. The Labute approximate surface area is 208 Å². The fourth-order valence-corrected chi connectivity index (χ4v) is 4.44. The van der Waals surface area contributed by atoms with E-state index in [-0.39, 0.29) is 12.2 Å². The van der Waals surface area contributed by atoms with Gasteiger partial charge in [0.2, 0.25) is 0 Å². The van der Waals surface area contributed by atoms with Gasteiger partial charge in [-0.1, -0.05) is 62.4 Å². The van der Waals surface area contributed by atoms with Crippen molar-refractivity contribution in [2.75, 3.05) is 26.2 Å². The Balaban J connectivity index is 1.71. The van der Waals surface area contributed by atoms with Gasteiger partial charge in [0.1, 0.15) is 18.5 Å². The second-order valence-corrected chi connectivity index (χ2v) is 8.89. The molecule has 188 valence electrons. The minimum atomic E-state index is -1.03. The van der Waals surface area contributed by atoms with E-state index in [1.807, 2.05) is 36.4 Å². The van der Waals surface area contributed by atoms with Crippen LogP contribution in [-0.4, -0.2) is 54.3 Å². The number of hydrogen-bond acceptors (Lipinski definition) is 5. The third kappa shape index (κ3) is 7.96. The van der Waals surface area contributed by atoms with Gasteiger partial charge in [-0.2, -0.15) is 0 Å². The molecule has 0 heterocycles. The molecule has 0 amide bonds. The number of carbonyl (C=O) groups is 2. The number of carbonyl (C=O) groups excluding carboxylic acids is 1. The number of hydrogen-bond donors (Lipinski definition) is 1. The quantitative estimate of drug-likeness (QED) is 0.405. The highest BCUT2D eigenvalue weighted by Gasteiger charge is 2.27. The summed E-state index contributed by atoms with van der Waals surface area (Å²) in [7, 11) is 0. The van der Waals surface area contributed by atoms with Crippen LogP contribution >= 0.6 is 0 Å². The number of esters is 1. The summed E-state index contributed by atoms with van der Waals surface area (Å²) in [5, 5.41) is 9.53. The first kappa shape index (κ1) is 26.5. The molecule has 0 spiro atoms. The van der Waals surface area contributed by atoms with Crippen LogP contribution in [0.1, 0.15) is 50.7 Å². The van der Waals surface area contributed by atoms with Gasteiger partial charge in [-0.05, 0) is 68.8 Å². The first-order chi connectivity index (χ1) is 17.0. The van der Waals surface area contributed by atoms with Crippen LogP contribution in [0, 0.1) is 0 Å². The van der Waals surface area contributed by atoms with E-state index in [9.17, 15) is 14.7 Å². The number of nitrogens with zero attached hydrogens (tertiary/aromatic N) is 1. The molecule has 2 aromatic rings. The van der Waals surface area contributed by atoms with E-state index in [0.29, 0.717) is 25.0 Å². The monoisotopic (exact) mass is 479 g/mol. The van der Waals surface area contributed by atoms with Crippen LogP contribution in [0.4, 0.5) is 0 Å². The Bertz CT molecular complexity index is 997. The van der Waals surface area contributed by atoms with Gasteiger partial charge in [0, 0.05) is 17.7 Å². The lowest BCUT2D eigenvalue weighted by Gasteiger charge is -2.27. The molecule has 6 nitrogen and oxygen atoms in total. The Kier molecular flexibility index (Phi) is 10.4. The van der Waals surface area contributed by atoms with E-state index in [4.69, 9.17) is 9.47 Å². The summed E-state index contributed by atoms with van der Waals surface area (Å²) in [6.07, 6.45) is 3.68. The lowest BCUT2D eigenvalue weighted by molar-refractivity contribution is -0.148. The Morgan fingerprint density at radius 3 is 2.26 bits per heavy atom. The lowest BCUT2D eigenvalue weighted by Crippen LogP contribution is -2.39. The van der Waals surface area contributed by atoms with Gasteiger partial charge >= 0.3 is 11.9 Å². The fraction of sp³-hybridized carbons (Fsp3) is 0.448. The average molecular weight is 480 g/mol. The van der Waals surface area contributed by atoms with Crippen LogP contribution in [0.2, 0.25) is 0 Å². The molecule has 6 heteroatoms. The molecule has 3 rings (SSSR count). The number of carboxylic acids is 1. The number of rotatable bonds is 13. The predicted octanol–water partition coefficient (Wildman–Crippen LogP) is 5.06. The molecule has 0 saturated carbocycles. The van der Waals surface area contributed by atoms with E-state index in [1.54, 1.807) is 0 Å². The summed E-state index contributed by atoms with van der Waals surface area (Å²) in [5.41, 5.74) is 2.87. The van der Waals surface area contributed by atoms with E-state index in [2.05, 4.69) is 36.9 Å². The summed E-state index contributed by atoms with van der Waals surface area (Å²) in [6.45, 7) is 6.51.